The van der Waals surface area contributed by atoms with Crippen LogP contribution in [-0.4, -0.2) is 42.2 Å². The van der Waals surface area contributed by atoms with E-state index in [0.717, 1.165) is 5.69 Å². The predicted octanol–water partition coefficient (Wildman–Crippen LogP) is 1.16. The highest BCUT2D eigenvalue weighted by atomic mass is 16.5. The van der Waals surface area contributed by atoms with Gasteiger partial charge in [-0.05, 0) is 18.9 Å². The molecule has 6 nitrogen and oxygen atoms in total. The average Bonchev–Trinajstić information content (AvgIpc) is 2.37. The summed E-state index contributed by atoms with van der Waals surface area (Å²) in [7, 11) is 1.49. The number of methoxy groups -OCH3 is 1. The number of nitrogens with one attached hydrogen (secondary N) is 2. The van der Waals surface area contributed by atoms with E-state index in [4.69, 9.17) is 4.74 Å². The quantitative estimate of drug-likeness (QED) is 0.774. The molecule has 1 amide bonds. The van der Waals surface area contributed by atoms with Crippen LogP contribution in [0.15, 0.2) is 12.3 Å². The zero-order valence-corrected chi connectivity index (χ0v) is 11.9. The first-order chi connectivity index (χ1) is 9.02. The van der Waals surface area contributed by atoms with Crippen molar-refractivity contribution in [3.05, 3.63) is 18.0 Å². The normalized spacial score (nSPS) is 12.3. The fourth-order valence-corrected chi connectivity index (χ4v) is 1.52. The van der Waals surface area contributed by atoms with Crippen molar-refractivity contribution in [1.82, 2.24) is 15.3 Å². The maximum Gasteiger partial charge on any atom is 0.246 e. The number of nitrogens with zero attached hydrogens (tertiary/aromatic N) is 2. The third kappa shape index (κ3) is 5.65. The first kappa shape index (κ1) is 15.4. The first-order valence-electron chi connectivity index (χ1n) is 6.38. The molecule has 2 N–H and O–H groups in total. The molecule has 106 valence electrons. The van der Waals surface area contributed by atoms with E-state index in [9.17, 15) is 4.79 Å². The minimum atomic E-state index is -0.131. The Kier molecular flexibility index (Phi) is 6.21. The third-order valence-electron chi connectivity index (χ3n) is 2.52. The first-order valence-corrected chi connectivity index (χ1v) is 6.38. The molecule has 0 aromatic carbocycles. The molecule has 0 spiro atoms. The highest BCUT2D eigenvalue weighted by Crippen LogP contribution is 2.11. The number of aromatic nitrogens is 2. The van der Waals surface area contributed by atoms with Gasteiger partial charge in [0.2, 0.25) is 11.9 Å². The van der Waals surface area contributed by atoms with Gasteiger partial charge >= 0.3 is 0 Å². The molecule has 0 aliphatic rings. The SMILES string of the molecule is COCC(=O)N[C@H](C)CNc1nccc(C(C)C)n1. The Hall–Kier alpha value is -1.69. The zero-order valence-electron chi connectivity index (χ0n) is 11.9. The van der Waals surface area contributed by atoms with Gasteiger partial charge in [0, 0.05) is 31.6 Å². The maximum absolute atomic E-state index is 11.3. The summed E-state index contributed by atoms with van der Waals surface area (Å²) in [6, 6.07) is 1.88. The van der Waals surface area contributed by atoms with Gasteiger partial charge in [-0.2, -0.15) is 0 Å². The van der Waals surface area contributed by atoms with Crippen molar-refractivity contribution >= 4 is 11.9 Å². The van der Waals surface area contributed by atoms with E-state index >= 15 is 0 Å². The van der Waals surface area contributed by atoms with Gasteiger partial charge in [0.15, 0.2) is 0 Å². The van der Waals surface area contributed by atoms with E-state index < -0.39 is 0 Å². The lowest BCUT2D eigenvalue weighted by Crippen LogP contribution is -2.39. The molecule has 0 unspecified atom stereocenters. The third-order valence-corrected chi connectivity index (χ3v) is 2.52. The smallest absolute Gasteiger partial charge is 0.246 e. The van der Waals surface area contributed by atoms with Crippen LogP contribution in [0.2, 0.25) is 0 Å². The summed E-state index contributed by atoms with van der Waals surface area (Å²) in [6.07, 6.45) is 1.73. The van der Waals surface area contributed by atoms with Crippen molar-refractivity contribution in [3.63, 3.8) is 0 Å². The predicted molar refractivity (Wildman–Crippen MR) is 74.1 cm³/mol. The van der Waals surface area contributed by atoms with E-state index in [1.807, 2.05) is 13.0 Å². The molecule has 1 rings (SSSR count). The monoisotopic (exact) mass is 266 g/mol. The van der Waals surface area contributed by atoms with E-state index in [2.05, 4.69) is 34.4 Å². The lowest BCUT2D eigenvalue weighted by Gasteiger charge is -2.15. The summed E-state index contributed by atoms with van der Waals surface area (Å²) in [5, 5.41) is 5.92. The van der Waals surface area contributed by atoms with Gasteiger partial charge in [-0.15, -0.1) is 0 Å². The highest BCUT2D eigenvalue weighted by molar-refractivity contribution is 5.77. The van der Waals surface area contributed by atoms with Gasteiger partial charge in [0.05, 0.1) is 0 Å². The number of hydrogen-bond acceptors (Lipinski definition) is 5. The molecule has 1 atom stereocenters. The topological polar surface area (TPSA) is 76.1 Å². The molecule has 6 heteroatoms. The molecule has 0 saturated heterocycles. The van der Waals surface area contributed by atoms with Gasteiger partial charge in [-0.1, -0.05) is 13.8 Å². The highest BCUT2D eigenvalue weighted by Gasteiger charge is 2.08. The molecule has 1 heterocycles. The van der Waals surface area contributed by atoms with Crippen molar-refractivity contribution in [2.24, 2.45) is 0 Å². The fourth-order valence-electron chi connectivity index (χ4n) is 1.52. The van der Waals surface area contributed by atoms with Crippen LogP contribution in [0.1, 0.15) is 32.4 Å². The number of rotatable bonds is 7. The Morgan fingerprint density at radius 1 is 1.42 bits per heavy atom. The molecule has 0 aliphatic heterocycles. The van der Waals surface area contributed by atoms with Crippen molar-refractivity contribution in [2.75, 3.05) is 25.6 Å². The second-order valence-electron chi connectivity index (χ2n) is 4.74. The van der Waals surface area contributed by atoms with Crippen LogP contribution in [-0.2, 0) is 9.53 Å². The van der Waals surface area contributed by atoms with Gasteiger partial charge in [-0.25, -0.2) is 9.97 Å². The van der Waals surface area contributed by atoms with E-state index in [1.54, 1.807) is 6.20 Å². The molecule has 0 bridgehead atoms. The fraction of sp³-hybridized carbons (Fsp3) is 0.615. The molecule has 19 heavy (non-hydrogen) atoms. The maximum atomic E-state index is 11.3. The van der Waals surface area contributed by atoms with Crippen LogP contribution < -0.4 is 10.6 Å². The molecule has 0 radical (unpaired) electrons. The van der Waals surface area contributed by atoms with Crippen LogP contribution in [0.4, 0.5) is 5.95 Å². The van der Waals surface area contributed by atoms with Crippen molar-refractivity contribution < 1.29 is 9.53 Å². The van der Waals surface area contributed by atoms with Crippen molar-refractivity contribution in [3.8, 4) is 0 Å². The molecular weight excluding hydrogens is 244 g/mol. The van der Waals surface area contributed by atoms with E-state index in [-0.39, 0.29) is 18.6 Å². The van der Waals surface area contributed by atoms with Crippen molar-refractivity contribution in [1.29, 1.82) is 0 Å². The van der Waals surface area contributed by atoms with Crippen LogP contribution in [0.3, 0.4) is 0 Å². The number of carbonyl (C=O) groups excluding carboxylic acids is 1. The largest absolute Gasteiger partial charge is 0.375 e. The van der Waals surface area contributed by atoms with Gasteiger partial charge in [0.1, 0.15) is 6.61 Å². The number of ether oxygens (including phenoxy) is 1. The number of anilines is 1. The summed E-state index contributed by atoms with van der Waals surface area (Å²) in [5.41, 5.74) is 0.994. The van der Waals surface area contributed by atoms with Gasteiger partial charge in [0.25, 0.3) is 0 Å². The van der Waals surface area contributed by atoms with Crippen LogP contribution in [0.25, 0.3) is 0 Å². The molecular formula is C13H22N4O2. The van der Waals surface area contributed by atoms with Gasteiger partial charge < -0.3 is 15.4 Å². The van der Waals surface area contributed by atoms with E-state index in [0.29, 0.717) is 18.4 Å². The van der Waals surface area contributed by atoms with Gasteiger partial charge in [-0.3, -0.25) is 4.79 Å². The summed E-state index contributed by atoms with van der Waals surface area (Å²) in [4.78, 5) is 19.9. The van der Waals surface area contributed by atoms with E-state index in [1.165, 1.54) is 7.11 Å². The zero-order chi connectivity index (χ0) is 14.3. The summed E-state index contributed by atoms with van der Waals surface area (Å²) in [6.45, 7) is 6.72. The second kappa shape index (κ2) is 7.68. The standard InChI is InChI=1S/C13H22N4O2/c1-9(2)11-5-6-14-13(17-11)15-7-10(3)16-12(18)8-19-4/h5-6,9-10H,7-8H2,1-4H3,(H,16,18)(H,14,15,17)/t10-/m1/s1. The summed E-state index contributed by atoms with van der Waals surface area (Å²) >= 11 is 0. The van der Waals surface area contributed by atoms with Crippen LogP contribution >= 0.6 is 0 Å². The molecule has 1 aromatic rings. The minimum Gasteiger partial charge on any atom is -0.375 e. The number of hydrogen-bond donors (Lipinski definition) is 2. The summed E-state index contributed by atoms with van der Waals surface area (Å²) in [5.74, 6) is 0.815. The van der Waals surface area contributed by atoms with Crippen LogP contribution in [0, 0.1) is 0 Å². The Morgan fingerprint density at radius 3 is 2.79 bits per heavy atom. The summed E-state index contributed by atoms with van der Waals surface area (Å²) < 4.78 is 4.75. The second-order valence-corrected chi connectivity index (χ2v) is 4.74. The van der Waals surface area contributed by atoms with Crippen LogP contribution in [0.5, 0.6) is 0 Å². The Labute approximate surface area is 114 Å². The lowest BCUT2D eigenvalue weighted by molar-refractivity contribution is -0.125. The molecule has 0 saturated carbocycles. The Bertz CT molecular complexity index is 409. The number of carbonyl (C=O) groups is 1. The lowest BCUT2D eigenvalue weighted by atomic mass is 10.1. The minimum absolute atomic E-state index is 0.0195. The average molecular weight is 266 g/mol. The molecule has 0 fully saturated rings. The Balaban J connectivity index is 2.43. The molecule has 1 aromatic heterocycles. The number of amides is 1. The Morgan fingerprint density at radius 2 is 2.16 bits per heavy atom. The van der Waals surface area contributed by atoms with Crippen molar-refractivity contribution in [2.45, 2.75) is 32.7 Å². The molecule has 0 aliphatic carbocycles.